The molecular formula is C4H20B10O. The highest BCUT2D eigenvalue weighted by Crippen LogP contribution is 1.91. The molecule has 0 aliphatic carbocycles. The van der Waals surface area contributed by atoms with E-state index in [2.05, 4.69) is 7.74 Å². The molecule has 0 aliphatic heterocycles. The highest BCUT2D eigenvalue weighted by molar-refractivity contribution is 7.68. The van der Waals surface area contributed by atoms with Crippen molar-refractivity contribution in [2.45, 2.75) is 19.2 Å². The van der Waals surface area contributed by atoms with Crippen molar-refractivity contribution in [2.75, 3.05) is 6.61 Å². The van der Waals surface area contributed by atoms with Gasteiger partial charge in [0.25, 0.3) is 0 Å². The molecule has 11 heteroatoms. The highest BCUT2D eigenvalue weighted by Gasteiger charge is 2.00. The molecule has 0 aromatic heterocycles. The van der Waals surface area contributed by atoms with Gasteiger partial charge in [0.2, 0.25) is 0 Å². The third kappa shape index (κ3) is 14.6. The van der Waals surface area contributed by atoms with Crippen LogP contribution in [0.1, 0.15) is 12.8 Å². The van der Waals surface area contributed by atoms with Crippen LogP contribution in [0.3, 0.4) is 0 Å². The molecule has 0 saturated heterocycles. The minimum atomic E-state index is 0.372. The first-order valence-corrected chi connectivity index (χ1v) is 7.02. The lowest BCUT2D eigenvalue weighted by atomic mass is 8.89. The molecule has 0 rings (SSSR count). The lowest BCUT2D eigenvalue weighted by Crippen LogP contribution is -2.31. The van der Waals surface area contributed by atoms with Crippen LogP contribution in [0.2, 0.25) is 6.32 Å². The van der Waals surface area contributed by atoms with Gasteiger partial charge >= 0.3 is 0 Å². The van der Waals surface area contributed by atoms with Crippen molar-refractivity contribution >= 4 is 71.4 Å². The molecule has 1 N–H and O–H groups in total. The average Bonchev–Trinajstić information content (AvgIpc) is 2.26. The first kappa shape index (κ1) is 15.6. The number of aliphatic hydroxyl groups excluding tert-OH is 1. The predicted octanol–water partition coefficient (Wildman–Crippen LogP) is -6.03. The van der Waals surface area contributed by atoms with E-state index in [0.717, 1.165) is 6.42 Å². The number of hydrogen-bond donors (Lipinski definition) is 1. The molecule has 0 bridgehead atoms. The smallest absolute Gasteiger partial charge is 0.0776 e. The standard InChI is InChI=1S/C4H20B10O/c5-7-9-11-13-14-12-10-8-6-3-1-2-4-15/h6-15H,1-5H2. The summed E-state index contributed by atoms with van der Waals surface area (Å²) in [7, 11) is 15.0. The highest BCUT2D eigenvalue weighted by atomic mass is 16.2. The molecule has 0 aromatic carbocycles. The molecule has 1 nitrogen and oxygen atoms in total. The summed E-state index contributed by atoms with van der Waals surface area (Å²) in [6.07, 6.45) is 3.53. The van der Waals surface area contributed by atoms with Crippen molar-refractivity contribution in [1.82, 2.24) is 0 Å². The van der Waals surface area contributed by atoms with Crippen LogP contribution < -0.4 is 0 Å². The topological polar surface area (TPSA) is 20.2 Å². The van der Waals surface area contributed by atoms with Gasteiger partial charge in [-0.05, 0) is 6.42 Å². The van der Waals surface area contributed by atoms with E-state index in [1.54, 1.807) is 0 Å². The van der Waals surface area contributed by atoms with Crippen molar-refractivity contribution in [1.29, 1.82) is 0 Å². The van der Waals surface area contributed by atoms with Gasteiger partial charge in [0, 0.05) is 63.1 Å². The minimum Gasteiger partial charge on any atom is -0.396 e. The van der Waals surface area contributed by atoms with Crippen LogP contribution in [0.5, 0.6) is 0 Å². The molecule has 0 fully saturated rings. The molecule has 0 aliphatic rings. The predicted molar refractivity (Wildman–Crippen MR) is 94.0 cm³/mol. The second kappa shape index (κ2) is 14.6. The van der Waals surface area contributed by atoms with Gasteiger partial charge in [-0.1, -0.05) is 12.7 Å². The van der Waals surface area contributed by atoms with Crippen LogP contribution in [0.25, 0.3) is 0 Å². The summed E-state index contributed by atoms with van der Waals surface area (Å²) >= 11 is 0. The molecule has 0 atom stereocenters. The molecule has 0 saturated carbocycles. The van der Waals surface area contributed by atoms with E-state index in [9.17, 15) is 0 Å². The molecule has 0 heterocycles. The van der Waals surface area contributed by atoms with Crippen LogP contribution in [-0.2, 0) is 0 Å². The molecular weight excluding hydrogens is 172 g/mol. The van der Waals surface area contributed by atoms with Crippen LogP contribution in [0.4, 0.5) is 0 Å². The first-order valence-electron chi connectivity index (χ1n) is 7.02. The summed E-state index contributed by atoms with van der Waals surface area (Å²) in [5.41, 5.74) is 0. The Morgan fingerprint density at radius 1 is 0.800 bits per heavy atom. The fraction of sp³-hybridized carbons (Fsp3) is 1.00. The van der Waals surface area contributed by atoms with E-state index < -0.39 is 0 Å². The van der Waals surface area contributed by atoms with Crippen LogP contribution >= 0.6 is 0 Å². The van der Waals surface area contributed by atoms with E-state index in [4.69, 9.17) is 5.11 Å². The molecule has 0 radical (unpaired) electrons. The maximum Gasteiger partial charge on any atom is 0.0776 e. The van der Waals surface area contributed by atoms with Crippen molar-refractivity contribution in [2.24, 2.45) is 0 Å². The van der Waals surface area contributed by atoms with Gasteiger partial charge in [0.05, 0.1) is 14.9 Å². The second-order valence-corrected chi connectivity index (χ2v) is 4.61. The normalized spacial score (nSPS) is 8.33. The lowest BCUT2D eigenvalue weighted by Gasteiger charge is -1.95. The van der Waals surface area contributed by atoms with Crippen LogP contribution in [0, 0.1) is 0 Å². The van der Waals surface area contributed by atoms with Gasteiger partial charge in [-0.15, -0.1) is 0 Å². The zero-order valence-corrected chi connectivity index (χ0v) is 10.6. The second-order valence-electron chi connectivity index (χ2n) is 4.61. The average molecular weight is 192 g/mol. The van der Waals surface area contributed by atoms with Gasteiger partial charge in [-0.25, -0.2) is 0 Å². The van der Waals surface area contributed by atoms with E-state index >= 15 is 0 Å². The number of hydrogen-bond acceptors (Lipinski definition) is 1. The minimum absolute atomic E-state index is 0.372. The van der Waals surface area contributed by atoms with E-state index in [1.807, 2.05) is 0 Å². The Hall–Kier alpha value is 0.609. The van der Waals surface area contributed by atoms with Gasteiger partial charge in [0.15, 0.2) is 0 Å². The van der Waals surface area contributed by atoms with Gasteiger partial charge < -0.3 is 5.11 Å². The Morgan fingerprint density at radius 2 is 1.40 bits per heavy atom. The fourth-order valence-corrected chi connectivity index (χ4v) is 1.95. The Balaban J connectivity index is 2.81. The molecule has 0 unspecified atom stereocenters. The monoisotopic (exact) mass is 194 g/mol. The number of aliphatic hydroxyl groups is 1. The summed E-state index contributed by atoms with van der Waals surface area (Å²) in [5, 5.41) is 8.61. The van der Waals surface area contributed by atoms with E-state index in [1.165, 1.54) is 76.4 Å². The third-order valence-corrected chi connectivity index (χ3v) is 3.01. The Morgan fingerprint density at radius 3 is 2.00 bits per heavy atom. The quantitative estimate of drug-likeness (QED) is 0.241. The molecule has 0 spiro atoms. The summed E-state index contributed by atoms with van der Waals surface area (Å²) < 4.78 is 0. The van der Waals surface area contributed by atoms with Crippen LogP contribution in [-0.4, -0.2) is 83.1 Å². The van der Waals surface area contributed by atoms with Gasteiger partial charge in [0.1, 0.15) is 0 Å². The maximum absolute atomic E-state index is 8.61. The Kier molecular flexibility index (Phi) is 15.2. The van der Waals surface area contributed by atoms with Crippen molar-refractivity contribution in [3.63, 3.8) is 0 Å². The van der Waals surface area contributed by atoms with Gasteiger partial charge in [-0.3, -0.25) is 0 Å². The molecule has 0 amide bonds. The number of unbranched alkanes of at least 4 members (excludes halogenated alkanes) is 1. The molecule has 72 valence electrons. The zero-order valence-electron chi connectivity index (χ0n) is 10.6. The fourth-order valence-electron chi connectivity index (χ4n) is 1.95. The largest absolute Gasteiger partial charge is 0.396 e. The van der Waals surface area contributed by atoms with Gasteiger partial charge in [-0.2, -0.15) is 0 Å². The SMILES string of the molecule is BBBBBBBBBBCCCCO. The van der Waals surface area contributed by atoms with Crippen molar-refractivity contribution in [3.05, 3.63) is 0 Å². The van der Waals surface area contributed by atoms with Crippen LogP contribution in [0.15, 0.2) is 0 Å². The molecule has 0 aromatic rings. The molecule has 15 heavy (non-hydrogen) atoms. The zero-order chi connectivity index (χ0) is 11.2. The summed E-state index contributed by atoms with van der Waals surface area (Å²) in [6, 6.07) is 0. The Labute approximate surface area is 103 Å². The van der Waals surface area contributed by atoms with Crippen molar-refractivity contribution in [3.8, 4) is 0 Å². The number of rotatable bonds is 12. The summed E-state index contributed by atoms with van der Waals surface area (Å²) in [5.74, 6) is 0. The first-order chi connectivity index (χ1) is 7.41. The van der Waals surface area contributed by atoms with E-state index in [-0.39, 0.29) is 0 Å². The van der Waals surface area contributed by atoms with E-state index in [0.29, 0.717) is 6.61 Å². The van der Waals surface area contributed by atoms with Crippen molar-refractivity contribution < 1.29 is 5.11 Å². The third-order valence-electron chi connectivity index (χ3n) is 3.01. The summed E-state index contributed by atoms with van der Waals surface area (Å²) in [6.45, 7) is 0.372. The maximum atomic E-state index is 8.61. The Bertz CT molecular complexity index is 102. The lowest BCUT2D eigenvalue weighted by molar-refractivity contribution is 0.287. The summed E-state index contributed by atoms with van der Waals surface area (Å²) in [4.78, 5) is 0.